The Morgan fingerprint density at radius 3 is 2.62 bits per heavy atom. The molecule has 0 unspecified atom stereocenters. The fourth-order valence-corrected chi connectivity index (χ4v) is 4.49. The molecule has 1 N–H and O–H groups in total. The number of piperidine rings is 1. The number of hydrogen-bond donors (Lipinski definition) is 1. The molecule has 0 amide bonds. The minimum atomic E-state index is 0.669. The number of rotatable bonds is 2. The predicted molar refractivity (Wildman–Crippen MR) is 104 cm³/mol. The molecule has 2 aromatic heterocycles. The summed E-state index contributed by atoms with van der Waals surface area (Å²) in [4.78, 5) is 7.43. The molecule has 0 spiro atoms. The van der Waals surface area contributed by atoms with Gasteiger partial charge in [0, 0.05) is 37.7 Å². The normalized spacial score (nSPS) is 18.7. The number of nitrogens with one attached hydrogen (secondary N) is 1. The first kappa shape index (κ1) is 15.8. The first-order chi connectivity index (χ1) is 12.9. The Morgan fingerprint density at radius 2 is 1.77 bits per heavy atom. The quantitative estimate of drug-likeness (QED) is 0.774. The van der Waals surface area contributed by atoms with Crippen LogP contribution in [0.25, 0.3) is 5.65 Å². The molecule has 0 bridgehead atoms. The molecule has 5 heteroatoms. The zero-order valence-corrected chi connectivity index (χ0v) is 15.1. The van der Waals surface area contributed by atoms with Crippen LogP contribution in [0.5, 0.6) is 0 Å². The lowest BCUT2D eigenvalue weighted by molar-refractivity contribution is 0.498. The van der Waals surface area contributed by atoms with Crippen LogP contribution in [0.4, 0.5) is 5.82 Å². The van der Waals surface area contributed by atoms with Crippen LogP contribution in [0.3, 0.4) is 0 Å². The van der Waals surface area contributed by atoms with Crippen molar-refractivity contribution >= 4 is 11.5 Å². The number of anilines is 1. The Balaban J connectivity index is 1.48. The molecule has 3 aromatic rings. The van der Waals surface area contributed by atoms with E-state index in [1.54, 1.807) is 0 Å². The van der Waals surface area contributed by atoms with E-state index in [0.717, 1.165) is 44.7 Å². The highest BCUT2D eigenvalue weighted by Crippen LogP contribution is 2.33. The molecule has 1 aromatic carbocycles. The molecule has 0 radical (unpaired) electrons. The fraction of sp³-hybridized carbons (Fsp3) is 0.429. The van der Waals surface area contributed by atoms with Crippen molar-refractivity contribution in [1.82, 2.24) is 19.9 Å². The van der Waals surface area contributed by atoms with Gasteiger partial charge >= 0.3 is 0 Å². The topological polar surface area (TPSA) is 45.5 Å². The van der Waals surface area contributed by atoms with Gasteiger partial charge in [0.2, 0.25) is 0 Å². The predicted octanol–water partition coefficient (Wildman–Crippen LogP) is 2.80. The van der Waals surface area contributed by atoms with Crippen LogP contribution >= 0.6 is 0 Å². The lowest BCUT2D eigenvalue weighted by Gasteiger charge is -2.35. The van der Waals surface area contributed by atoms with Gasteiger partial charge in [-0.15, -0.1) is 0 Å². The number of aromatic nitrogens is 3. The van der Waals surface area contributed by atoms with E-state index in [-0.39, 0.29) is 0 Å². The second-order valence-electron chi connectivity index (χ2n) is 7.38. The summed E-state index contributed by atoms with van der Waals surface area (Å²) < 4.78 is 2.06. The van der Waals surface area contributed by atoms with E-state index in [1.807, 2.05) is 12.3 Å². The highest BCUT2D eigenvalue weighted by molar-refractivity contribution is 5.58. The molecule has 0 atom stereocenters. The highest BCUT2D eigenvalue weighted by Gasteiger charge is 2.26. The molecule has 5 rings (SSSR count). The van der Waals surface area contributed by atoms with Crippen molar-refractivity contribution in [1.29, 1.82) is 0 Å². The molecule has 4 heterocycles. The Bertz CT molecular complexity index is 893. The van der Waals surface area contributed by atoms with Crippen LogP contribution in [0.15, 0.2) is 42.6 Å². The van der Waals surface area contributed by atoms with E-state index < -0.39 is 0 Å². The van der Waals surface area contributed by atoms with E-state index in [9.17, 15) is 0 Å². The third-order valence-corrected chi connectivity index (χ3v) is 5.85. The molecule has 5 nitrogen and oxygen atoms in total. The molecule has 26 heavy (non-hydrogen) atoms. The van der Waals surface area contributed by atoms with Crippen LogP contribution in [0.2, 0.25) is 0 Å². The highest BCUT2D eigenvalue weighted by atomic mass is 15.3. The number of hydrogen-bond acceptors (Lipinski definition) is 4. The van der Waals surface area contributed by atoms with Crippen molar-refractivity contribution in [2.45, 2.75) is 31.6 Å². The summed E-state index contributed by atoms with van der Waals surface area (Å²) in [5.74, 6) is 1.95. The first-order valence-electron chi connectivity index (χ1n) is 9.76. The monoisotopic (exact) mass is 347 g/mol. The van der Waals surface area contributed by atoms with Gasteiger partial charge in [-0.1, -0.05) is 30.3 Å². The van der Waals surface area contributed by atoms with Crippen molar-refractivity contribution < 1.29 is 0 Å². The molecule has 1 fully saturated rings. The van der Waals surface area contributed by atoms with Crippen molar-refractivity contribution in [2.75, 3.05) is 31.1 Å². The zero-order valence-electron chi connectivity index (χ0n) is 15.1. The van der Waals surface area contributed by atoms with Gasteiger partial charge in [0.25, 0.3) is 0 Å². The Labute approximate surface area is 154 Å². The smallest absolute Gasteiger partial charge is 0.157 e. The van der Waals surface area contributed by atoms with Gasteiger partial charge in [0.15, 0.2) is 5.65 Å². The van der Waals surface area contributed by atoms with Crippen LogP contribution in [0, 0.1) is 0 Å². The summed E-state index contributed by atoms with van der Waals surface area (Å²) >= 11 is 0. The molecule has 0 saturated carbocycles. The summed E-state index contributed by atoms with van der Waals surface area (Å²) in [6, 6.07) is 13.0. The maximum atomic E-state index is 4.89. The number of fused-ring (bicyclic) bond motifs is 2. The Kier molecular flexibility index (Phi) is 4.09. The third-order valence-electron chi connectivity index (χ3n) is 5.85. The number of benzene rings is 1. The van der Waals surface area contributed by atoms with Crippen LogP contribution in [-0.2, 0) is 12.8 Å². The van der Waals surface area contributed by atoms with E-state index in [2.05, 4.69) is 50.2 Å². The molecule has 2 aliphatic heterocycles. The fourth-order valence-electron chi connectivity index (χ4n) is 4.49. The lowest BCUT2D eigenvalue weighted by Crippen LogP contribution is -2.35. The van der Waals surface area contributed by atoms with E-state index in [4.69, 9.17) is 4.98 Å². The molecule has 134 valence electrons. The molecule has 2 aliphatic rings. The van der Waals surface area contributed by atoms with Gasteiger partial charge in [-0.3, -0.25) is 0 Å². The van der Waals surface area contributed by atoms with Crippen LogP contribution < -0.4 is 10.2 Å². The zero-order chi connectivity index (χ0) is 17.3. The third kappa shape index (κ3) is 2.76. The average Bonchev–Trinajstić information content (AvgIpc) is 3.04. The minimum Gasteiger partial charge on any atom is -0.356 e. The summed E-state index contributed by atoms with van der Waals surface area (Å²) in [6.45, 7) is 4.20. The summed E-state index contributed by atoms with van der Waals surface area (Å²) in [6.07, 6.45) is 6.31. The van der Waals surface area contributed by atoms with Crippen molar-refractivity contribution in [3.63, 3.8) is 0 Å². The van der Waals surface area contributed by atoms with Gasteiger partial charge in [-0.25, -0.2) is 4.98 Å². The molecular formula is C21H25N5. The van der Waals surface area contributed by atoms with E-state index in [1.165, 1.54) is 35.5 Å². The second kappa shape index (κ2) is 6.72. The summed E-state index contributed by atoms with van der Waals surface area (Å²) in [5, 5.41) is 8.11. The largest absolute Gasteiger partial charge is 0.356 e. The average molecular weight is 347 g/mol. The van der Waals surface area contributed by atoms with Crippen molar-refractivity contribution in [3.8, 4) is 0 Å². The second-order valence-corrected chi connectivity index (χ2v) is 7.38. The minimum absolute atomic E-state index is 0.669. The summed E-state index contributed by atoms with van der Waals surface area (Å²) in [5.41, 5.74) is 5.10. The SMILES string of the molecule is c1ccc(C2CCN(c3c4c(nc5ccnn35)CCNCC4)CC2)cc1. The van der Waals surface area contributed by atoms with Gasteiger partial charge in [0.1, 0.15) is 5.82 Å². The first-order valence-corrected chi connectivity index (χ1v) is 9.76. The van der Waals surface area contributed by atoms with E-state index >= 15 is 0 Å². The maximum absolute atomic E-state index is 4.89. The number of nitrogens with zero attached hydrogens (tertiary/aromatic N) is 4. The van der Waals surface area contributed by atoms with Crippen LogP contribution in [0.1, 0.15) is 35.6 Å². The van der Waals surface area contributed by atoms with Crippen molar-refractivity contribution in [3.05, 3.63) is 59.4 Å². The van der Waals surface area contributed by atoms with Crippen molar-refractivity contribution in [2.24, 2.45) is 0 Å². The maximum Gasteiger partial charge on any atom is 0.157 e. The van der Waals surface area contributed by atoms with Crippen LogP contribution in [-0.4, -0.2) is 40.8 Å². The molecule has 1 saturated heterocycles. The van der Waals surface area contributed by atoms with Gasteiger partial charge in [0.05, 0.1) is 11.9 Å². The lowest BCUT2D eigenvalue weighted by atomic mass is 9.89. The van der Waals surface area contributed by atoms with Gasteiger partial charge < -0.3 is 10.2 Å². The van der Waals surface area contributed by atoms with Gasteiger partial charge in [-0.2, -0.15) is 9.61 Å². The molecular weight excluding hydrogens is 322 g/mol. The van der Waals surface area contributed by atoms with Gasteiger partial charge in [-0.05, 0) is 37.3 Å². The molecule has 0 aliphatic carbocycles. The standard InChI is InChI=1S/C21H25N5/c1-2-4-16(5-3-1)17-9-14-25(15-10-17)21-18-6-11-22-12-7-19(18)24-20-8-13-23-26(20)21/h1-5,8,13,17,22H,6-7,9-12,14-15H2. The Hall–Kier alpha value is -2.40. The Morgan fingerprint density at radius 1 is 0.962 bits per heavy atom. The van der Waals surface area contributed by atoms with E-state index in [0.29, 0.717) is 5.92 Å². The summed E-state index contributed by atoms with van der Waals surface area (Å²) in [7, 11) is 0.